The Morgan fingerprint density at radius 3 is 3.12 bits per heavy atom. The topological polar surface area (TPSA) is 94.0 Å². The summed E-state index contributed by atoms with van der Waals surface area (Å²) in [6.07, 6.45) is 4.99. The van der Waals surface area contributed by atoms with E-state index in [0.29, 0.717) is 12.3 Å². The van der Waals surface area contributed by atoms with Gasteiger partial charge in [-0.25, -0.2) is 9.97 Å². The molecule has 3 heterocycles. The molecule has 0 bridgehead atoms. The number of hydrogen-bond acceptors (Lipinski definition) is 6. The molecule has 3 N–H and O–H groups in total. The van der Waals surface area contributed by atoms with Crippen molar-refractivity contribution in [2.75, 3.05) is 5.32 Å². The van der Waals surface area contributed by atoms with Gasteiger partial charge < -0.3 is 15.5 Å². The van der Waals surface area contributed by atoms with Crippen molar-refractivity contribution < 1.29 is 9.21 Å². The van der Waals surface area contributed by atoms with Gasteiger partial charge in [0.1, 0.15) is 22.7 Å². The molecular weight excluding hydrogens is 324 g/mol. The van der Waals surface area contributed by atoms with E-state index in [4.69, 9.17) is 10.2 Å². The molecule has 3 aromatic heterocycles. The lowest BCUT2D eigenvalue weighted by molar-refractivity contribution is 0.0972. The molecule has 6 nitrogen and oxygen atoms in total. The molecule has 7 heteroatoms. The van der Waals surface area contributed by atoms with Crippen molar-refractivity contribution in [3.05, 3.63) is 40.4 Å². The molecule has 4 rings (SSSR count). The van der Waals surface area contributed by atoms with Gasteiger partial charge >= 0.3 is 0 Å². The number of aromatic nitrogens is 2. The second kappa shape index (κ2) is 5.90. The fourth-order valence-corrected chi connectivity index (χ4v) is 4.54. The number of aryl methyl sites for hydroxylation is 1. The van der Waals surface area contributed by atoms with Crippen LogP contribution in [0.4, 0.5) is 5.82 Å². The number of nitrogens with zero attached hydrogens (tertiary/aromatic N) is 2. The van der Waals surface area contributed by atoms with Crippen LogP contribution in [-0.2, 0) is 19.4 Å². The monoisotopic (exact) mass is 342 g/mol. The average Bonchev–Trinajstić information content (AvgIpc) is 3.16. The Hall–Kier alpha value is -2.41. The lowest BCUT2D eigenvalue weighted by atomic mass is 9.89. The zero-order chi connectivity index (χ0) is 16.7. The molecule has 0 saturated carbocycles. The molecule has 1 aliphatic rings. The van der Waals surface area contributed by atoms with E-state index >= 15 is 0 Å². The molecule has 24 heavy (non-hydrogen) atoms. The van der Waals surface area contributed by atoms with Crippen LogP contribution in [-0.4, -0.2) is 15.9 Å². The van der Waals surface area contributed by atoms with Crippen LogP contribution in [0.5, 0.6) is 0 Å². The predicted octanol–water partition coefficient (Wildman–Crippen LogP) is 3.12. The minimum absolute atomic E-state index is 0.168. The summed E-state index contributed by atoms with van der Waals surface area (Å²) in [6, 6.07) is 3.33. The second-order valence-electron chi connectivity index (χ2n) is 6.24. The Kier molecular flexibility index (Phi) is 3.72. The predicted molar refractivity (Wildman–Crippen MR) is 93.2 cm³/mol. The van der Waals surface area contributed by atoms with Gasteiger partial charge in [-0.2, -0.15) is 0 Å². The number of nitrogens with two attached hydrogens (primary N) is 1. The highest BCUT2D eigenvalue weighted by Gasteiger charge is 2.23. The summed E-state index contributed by atoms with van der Waals surface area (Å²) in [4.78, 5) is 22.4. The van der Waals surface area contributed by atoms with Crippen LogP contribution in [0.2, 0.25) is 0 Å². The van der Waals surface area contributed by atoms with Gasteiger partial charge in [0.05, 0.1) is 11.9 Å². The van der Waals surface area contributed by atoms with Gasteiger partial charge in [-0.05, 0) is 42.9 Å². The van der Waals surface area contributed by atoms with Gasteiger partial charge in [0.25, 0.3) is 5.91 Å². The van der Waals surface area contributed by atoms with Crippen molar-refractivity contribution in [2.45, 2.75) is 32.7 Å². The van der Waals surface area contributed by atoms with E-state index < -0.39 is 5.91 Å². The molecular formula is C17H18N4O2S. The first-order chi connectivity index (χ1) is 11.6. The van der Waals surface area contributed by atoms with E-state index in [0.717, 1.165) is 34.8 Å². The highest BCUT2D eigenvalue weighted by atomic mass is 32.1. The van der Waals surface area contributed by atoms with Crippen LogP contribution < -0.4 is 11.1 Å². The summed E-state index contributed by atoms with van der Waals surface area (Å²) in [5.74, 6) is 1.80. The summed E-state index contributed by atoms with van der Waals surface area (Å²) in [7, 11) is 0. The number of anilines is 1. The standard InChI is InChI=1S/C17H18N4O2S/c1-9-2-4-11-13(6-9)24-17-14(11)16(20-8-21-17)19-7-10-3-5-12(23-10)15(18)22/h3,5,8-9H,2,4,6-7H2,1H3,(H2,18,22)(H,19,20,21). The third-order valence-electron chi connectivity index (χ3n) is 4.43. The Labute approximate surface area is 143 Å². The maximum atomic E-state index is 11.1. The van der Waals surface area contributed by atoms with Crippen molar-refractivity contribution >= 4 is 33.3 Å². The van der Waals surface area contributed by atoms with E-state index in [9.17, 15) is 4.79 Å². The van der Waals surface area contributed by atoms with E-state index in [1.54, 1.807) is 29.8 Å². The van der Waals surface area contributed by atoms with E-state index in [2.05, 4.69) is 22.2 Å². The van der Waals surface area contributed by atoms with Gasteiger partial charge in [-0.1, -0.05) is 6.92 Å². The van der Waals surface area contributed by atoms with Crippen molar-refractivity contribution in [3.8, 4) is 0 Å². The number of rotatable bonds is 4. The number of carbonyl (C=O) groups is 1. The van der Waals surface area contributed by atoms with Gasteiger partial charge in [0, 0.05) is 4.88 Å². The minimum atomic E-state index is -0.563. The number of carbonyl (C=O) groups excluding carboxylic acids is 1. The number of fused-ring (bicyclic) bond motifs is 3. The lowest BCUT2D eigenvalue weighted by Crippen LogP contribution is -2.10. The number of furan rings is 1. The van der Waals surface area contributed by atoms with Crippen LogP contribution in [0.1, 0.15) is 40.1 Å². The molecule has 0 aliphatic heterocycles. The summed E-state index contributed by atoms with van der Waals surface area (Å²) in [5, 5.41) is 4.44. The van der Waals surface area contributed by atoms with Crippen LogP contribution in [0, 0.1) is 5.92 Å². The van der Waals surface area contributed by atoms with Crippen LogP contribution in [0.15, 0.2) is 22.9 Å². The van der Waals surface area contributed by atoms with Crippen LogP contribution >= 0.6 is 11.3 Å². The van der Waals surface area contributed by atoms with E-state index in [1.165, 1.54) is 16.9 Å². The maximum Gasteiger partial charge on any atom is 0.284 e. The Balaban J connectivity index is 1.63. The lowest BCUT2D eigenvalue weighted by Gasteiger charge is -2.18. The minimum Gasteiger partial charge on any atom is -0.454 e. The highest BCUT2D eigenvalue weighted by Crippen LogP contribution is 2.39. The molecule has 0 radical (unpaired) electrons. The first-order valence-electron chi connectivity index (χ1n) is 7.99. The SMILES string of the molecule is CC1CCc2c(sc3ncnc(NCc4ccc(C(N)=O)o4)c23)C1. The fraction of sp³-hybridized carbons (Fsp3) is 0.353. The molecule has 1 unspecified atom stereocenters. The summed E-state index contributed by atoms with van der Waals surface area (Å²) >= 11 is 1.77. The molecule has 0 saturated heterocycles. The third-order valence-corrected chi connectivity index (χ3v) is 5.59. The quantitative estimate of drug-likeness (QED) is 0.760. The zero-order valence-corrected chi connectivity index (χ0v) is 14.2. The van der Waals surface area contributed by atoms with Crippen LogP contribution in [0.3, 0.4) is 0 Å². The molecule has 3 aromatic rings. The normalized spacial score (nSPS) is 17.0. The van der Waals surface area contributed by atoms with Crippen molar-refractivity contribution in [3.63, 3.8) is 0 Å². The molecule has 0 spiro atoms. The number of amides is 1. The smallest absolute Gasteiger partial charge is 0.284 e. The molecule has 0 fully saturated rings. The number of thiophene rings is 1. The van der Waals surface area contributed by atoms with E-state index in [1.807, 2.05) is 0 Å². The van der Waals surface area contributed by atoms with Crippen molar-refractivity contribution in [1.82, 2.24) is 9.97 Å². The van der Waals surface area contributed by atoms with Gasteiger partial charge in [0.2, 0.25) is 0 Å². The van der Waals surface area contributed by atoms with Gasteiger partial charge in [-0.15, -0.1) is 11.3 Å². The van der Waals surface area contributed by atoms with Crippen LogP contribution in [0.25, 0.3) is 10.2 Å². The van der Waals surface area contributed by atoms with Gasteiger partial charge in [0.15, 0.2) is 5.76 Å². The Morgan fingerprint density at radius 1 is 1.46 bits per heavy atom. The molecule has 1 atom stereocenters. The van der Waals surface area contributed by atoms with E-state index in [-0.39, 0.29) is 5.76 Å². The van der Waals surface area contributed by atoms with Gasteiger partial charge in [-0.3, -0.25) is 4.79 Å². The number of hydrogen-bond donors (Lipinski definition) is 2. The molecule has 1 amide bonds. The fourth-order valence-electron chi connectivity index (χ4n) is 3.19. The maximum absolute atomic E-state index is 11.1. The molecule has 1 aliphatic carbocycles. The summed E-state index contributed by atoms with van der Waals surface area (Å²) in [6.45, 7) is 2.74. The summed E-state index contributed by atoms with van der Waals surface area (Å²) < 4.78 is 5.41. The number of primary amides is 1. The third kappa shape index (κ3) is 2.65. The Morgan fingerprint density at radius 2 is 2.33 bits per heavy atom. The van der Waals surface area contributed by atoms with Crippen molar-refractivity contribution in [1.29, 1.82) is 0 Å². The first kappa shape index (κ1) is 15.1. The number of nitrogens with one attached hydrogen (secondary N) is 1. The second-order valence-corrected chi connectivity index (χ2v) is 7.32. The van der Waals surface area contributed by atoms with Crippen molar-refractivity contribution in [2.24, 2.45) is 11.7 Å². The molecule has 0 aromatic carbocycles. The average molecular weight is 342 g/mol. The largest absolute Gasteiger partial charge is 0.454 e. The zero-order valence-electron chi connectivity index (χ0n) is 13.3. The summed E-state index contributed by atoms with van der Waals surface area (Å²) in [5.41, 5.74) is 6.59. The Bertz CT molecular complexity index is 915. The first-order valence-corrected chi connectivity index (χ1v) is 8.81. The highest BCUT2D eigenvalue weighted by molar-refractivity contribution is 7.19. The molecule has 124 valence electrons.